The molecule has 2 aromatic rings. The first-order chi connectivity index (χ1) is 8.66. The average molecular weight is 264 g/mol. The number of hydrogen-bond donors (Lipinski definition) is 2. The summed E-state index contributed by atoms with van der Waals surface area (Å²) in [5.74, 6) is -0.771. The van der Waals surface area contributed by atoms with Crippen molar-refractivity contribution in [2.45, 2.75) is 0 Å². The third-order valence-corrected chi connectivity index (χ3v) is 3.21. The topological polar surface area (TPSA) is 76.0 Å². The molecule has 1 aliphatic heterocycles. The van der Waals surface area contributed by atoms with Gasteiger partial charge in [-0.1, -0.05) is 30.3 Å². The summed E-state index contributed by atoms with van der Waals surface area (Å²) in [5, 5.41) is 19.7. The van der Waals surface area contributed by atoms with E-state index in [1.165, 1.54) is 6.07 Å². The van der Waals surface area contributed by atoms with Gasteiger partial charge in [0, 0.05) is 5.56 Å². The van der Waals surface area contributed by atoms with Crippen LogP contribution in [-0.4, -0.2) is 14.4 Å². The van der Waals surface area contributed by atoms with Crippen molar-refractivity contribution in [3.63, 3.8) is 0 Å². The first-order valence-corrected chi connectivity index (χ1v) is 6.09. The summed E-state index contributed by atoms with van der Waals surface area (Å²) in [4.78, 5) is 0. The van der Waals surface area contributed by atoms with E-state index in [1.54, 1.807) is 24.3 Å². The highest BCUT2D eigenvalue weighted by Gasteiger charge is 2.29. The summed E-state index contributed by atoms with van der Waals surface area (Å²) in [7, 11) is 0. The number of fused-ring (bicyclic) bond motifs is 1. The quantitative estimate of drug-likeness (QED) is 0.771. The Bertz CT molecular complexity index is 639. The van der Waals surface area contributed by atoms with Crippen LogP contribution >= 0.6 is 0 Å². The molecule has 0 amide bonds. The van der Waals surface area contributed by atoms with Crippen molar-refractivity contribution >= 4 is 11.4 Å². The third-order valence-electron chi connectivity index (χ3n) is 2.59. The second kappa shape index (κ2) is 3.92. The van der Waals surface area contributed by atoms with Crippen molar-refractivity contribution in [2.75, 3.05) is 0 Å². The highest BCUT2D eigenvalue weighted by molar-refractivity contribution is 7.76. The summed E-state index contributed by atoms with van der Waals surface area (Å²) in [6.45, 7) is 0. The van der Waals surface area contributed by atoms with E-state index in [1.807, 2.05) is 6.07 Å². The Labute approximate surface area is 105 Å². The highest BCUT2D eigenvalue weighted by atomic mass is 32.2. The Kier molecular flexibility index (Phi) is 2.38. The number of benzene rings is 2. The van der Waals surface area contributed by atoms with Crippen LogP contribution in [0.3, 0.4) is 0 Å². The molecule has 0 radical (unpaired) electrons. The smallest absolute Gasteiger partial charge is 0.418 e. The maximum Gasteiger partial charge on any atom is 0.418 e. The van der Waals surface area contributed by atoms with Crippen LogP contribution in [-0.2, 0) is 11.4 Å². The van der Waals surface area contributed by atoms with E-state index < -0.39 is 17.1 Å². The fourth-order valence-corrected chi connectivity index (χ4v) is 2.36. The van der Waals surface area contributed by atoms with Crippen LogP contribution < -0.4 is 8.37 Å². The maximum atomic E-state index is 11.1. The lowest BCUT2D eigenvalue weighted by Crippen LogP contribution is -1.96. The van der Waals surface area contributed by atoms with Crippen LogP contribution in [0.4, 0.5) is 0 Å². The SMILES string of the molecule is O=S1Oc2cc(-c3ccccc3)c(O)c(O)c2O1. The summed E-state index contributed by atoms with van der Waals surface area (Å²) in [6, 6.07) is 10.5. The fraction of sp³-hybridized carbons (Fsp3) is 0. The molecule has 0 saturated heterocycles. The predicted octanol–water partition coefficient (Wildman–Crippen LogP) is 2.11. The Morgan fingerprint density at radius 1 is 1.00 bits per heavy atom. The molecule has 1 aliphatic rings. The van der Waals surface area contributed by atoms with Crippen LogP contribution in [0.15, 0.2) is 36.4 Å². The molecule has 0 spiro atoms. The van der Waals surface area contributed by atoms with Crippen molar-refractivity contribution in [1.82, 2.24) is 0 Å². The van der Waals surface area contributed by atoms with E-state index in [9.17, 15) is 14.4 Å². The molecule has 1 unspecified atom stereocenters. The lowest BCUT2D eigenvalue weighted by atomic mass is 10.0. The first kappa shape index (κ1) is 10.9. The number of aromatic hydroxyl groups is 2. The summed E-state index contributed by atoms with van der Waals surface area (Å²) in [5.41, 5.74) is 1.09. The molecule has 2 aromatic carbocycles. The van der Waals surface area contributed by atoms with Crippen molar-refractivity contribution < 1.29 is 22.8 Å². The van der Waals surface area contributed by atoms with Gasteiger partial charge in [0.15, 0.2) is 11.5 Å². The Morgan fingerprint density at radius 3 is 2.44 bits per heavy atom. The lowest BCUT2D eigenvalue weighted by Gasteiger charge is -2.07. The number of rotatable bonds is 1. The van der Waals surface area contributed by atoms with Gasteiger partial charge in [0.1, 0.15) is 0 Å². The van der Waals surface area contributed by atoms with E-state index >= 15 is 0 Å². The van der Waals surface area contributed by atoms with Gasteiger partial charge in [-0.2, -0.15) is 4.21 Å². The zero-order valence-corrected chi connectivity index (χ0v) is 9.81. The first-order valence-electron chi connectivity index (χ1n) is 5.09. The van der Waals surface area contributed by atoms with Gasteiger partial charge in [-0.05, 0) is 11.6 Å². The zero-order chi connectivity index (χ0) is 12.7. The fourth-order valence-electron chi connectivity index (χ4n) is 1.76. The molecular weight excluding hydrogens is 256 g/mol. The van der Waals surface area contributed by atoms with Gasteiger partial charge in [0.05, 0.1) is 0 Å². The monoisotopic (exact) mass is 264 g/mol. The molecule has 0 fully saturated rings. The molecular formula is C12H8O5S. The van der Waals surface area contributed by atoms with Crippen molar-refractivity contribution in [3.8, 4) is 34.1 Å². The van der Waals surface area contributed by atoms with Gasteiger partial charge in [-0.15, -0.1) is 0 Å². The lowest BCUT2D eigenvalue weighted by molar-refractivity contribution is 0.392. The van der Waals surface area contributed by atoms with Gasteiger partial charge in [-0.3, -0.25) is 0 Å². The predicted molar refractivity (Wildman–Crippen MR) is 64.6 cm³/mol. The number of hydrogen-bond acceptors (Lipinski definition) is 5. The van der Waals surface area contributed by atoms with Gasteiger partial charge < -0.3 is 18.6 Å². The van der Waals surface area contributed by atoms with Gasteiger partial charge >= 0.3 is 11.4 Å². The highest BCUT2D eigenvalue weighted by Crippen LogP contribution is 2.51. The molecule has 1 heterocycles. The summed E-state index contributed by atoms with van der Waals surface area (Å²) < 4.78 is 20.7. The van der Waals surface area contributed by atoms with E-state index in [0.29, 0.717) is 11.1 Å². The largest absolute Gasteiger partial charge is 0.504 e. The average Bonchev–Trinajstić information content (AvgIpc) is 2.76. The molecule has 0 bridgehead atoms. The van der Waals surface area contributed by atoms with E-state index in [4.69, 9.17) is 8.37 Å². The minimum atomic E-state index is -1.97. The van der Waals surface area contributed by atoms with Crippen molar-refractivity contribution in [3.05, 3.63) is 36.4 Å². The molecule has 1 atom stereocenters. The van der Waals surface area contributed by atoms with Crippen LogP contribution in [0.25, 0.3) is 11.1 Å². The van der Waals surface area contributed by atoms with E-state index in [-0.39, 0.29) is 17.2 Å². The third kappa shape index (κ3) is 1.58. The Morgan fingerprint density at radius 2 is 1.72 bits per heavy atom. The molecule has 5 nitrogen and oxygen atoms in total. The molecule has 92 valence electrons. The van der Waals surface area contributed by atoms with Crippen LogP contribution in [0.1, 0.15) is 0 Å². The molecule has 6 heteroatoms. The van der Waals surface area contributed by atoms with Crippen molar-refractivity contribution in [1.29, 1.82) is 0 Å². The van der Waals surface area contributed by atoms with E-state index in [2.05, 4.69) is 0 Å². The Balaban J connectivity index is 2.22. The number of phenols is 2. The summed E-state index contributed by atoms with van der Waals surface area (Å²) >= 11 is -1.97. The minimum absolute atomic E-state index is 0.106. The summed E-state index contributed by atoms with van der Waals surface area (Å²) in [6.07, 6.45) is 0. The van der Waals surface area contributed by atoms with Gasteiger partial charge in [0.2, 0.25) is 11.5 Å². The second-order valence-corrected chi connectivity index (χ2v) is 4.43. The maximum absolute atomic E-state index is 11.1. The molecule has 2 N–H and O–H groups in total. The molecule has 0 aromatic heterocycles. The normalized spacial score (nSPS) is 16.8. The van der Waals surface area contributed by atoms with Gasteiger partial charge in [0.25, 0.3) is 0 Å². The molecule has 0 aliphatic carbocycles. The van der Waals surface area contributed by atoms with Crippen LogP contribution in [0.2, 0.25) is 0 Å². The Hall–Kier alpha value is -2.21. The van der Waals surface area contributed by atoms with Crippen LogP contribution in [0, 0.1) is 0 Å². The number of phenolic OH excluding ortho intramolecular Hbond substituents is 2. The van der Waals surface area contributed by atoms with Crippen molar-refractivity contribution in [2.24, 2.45) is 0 Å². The zero-order valence-electron chi connectivity index (χ0n) is 8.99. The van der Waals surface area contributed by atoms with E-state index in [0.717, 1.165) is 0 Å². The van der Waals surface area contributed by atoms with Gasteiger partial charge in [-0.25, -0.2) is 0 Å². The molecule has 0 saturated carbocycles. The molecule has 18 heavy (non-hydrogen) atoms. The molecule has 3 rings (SSSR count). The van der Waals surface area contributed by atoms with Crippen LogP contribution in [0.5, 0.6) is 23.0 Å². The standard InChI is InChI=1S/C12H8O5S/c13-10-8(7-4-2-1-3-5-7)6-9-12(11(10)14)17-18(15)16-9/h1-6,13-14H. The minimum Gasteiger partial charge on any atom is -0.504 e. The second-order valence-electron chi connectivity index (χ2n) is 3.69.